The molecule has 4 heteroatoms. The summed E-state index contributed by atoms with van der Waals surface area (Å²) >= 11 is 0. The van der Waals surface area contributed by atoms with Gasteiger partial charge in [-0.3, -0.25) is 0 Å². The van der Waals surface area contributed by atoms with Gasteiger partial charge in [0, 0.05) is 31.4 Å². The van der Waals surface area contributed by atoms with E-state index in [0.29, 0.717) is 12.1 Å². The van der Waals surface area contributed by atoms with Crippen LogP contribution in [0.4, 0.5) is 0 Å². The third-order valence-electron chi connectivity index (χ3n) is 2.93. The summed E-state index contributed by atoms with van der Waals surface area (Å²) in [5.74, 6) is 0. The minimum Gasteiger partial charge on any atom is -0.331 e. The summed E-state index contributed by atoms with van der Waals surface area (Å²) in [5, 5.41) is 3.46. The van der Waals surface area contributed by atoms with Crippen LogP contribution in [0.5, 0.6) is 0 Å². The zero-order chi connectivity index (χ0) is 12.1. The Hall–Kier alpha value is -0.870. The van der Waals surface area contributed by atoms with Gasteiger partial charge in [0.05, 0.1) is 12.0 Å². The summed E-state index contributed by atoms with van der Waals surface area (Å²) in [5.41, 5.74) is 1.25. The third-order valence-corrected chi connectivity index (χ3v) is 2.93. The van der Waals surface area contributed by atoms with Crippen LogP contribution in [-0.4, -0.2) is 41.1 Å². The molecule has 0 aromatic carbocycles. The van der Waals surface area contributed by atoms with Crippen LogP contribution in [0.15, 0.2) is 12.5 Å². The molecule has 1 unspecified atom stereocenters. The van der Waals surface area contributed by atoms with Gasteiger partial charge in [-0.2, -0.15) is 0 Å². The number of aromatic nitrogens is 2. The van der Waals surface area contributed by atoms with E-state index >= 15 is 0 Å². The van der Waals surface area contributed by atoms with E-state index in [0.717, 1.165) is 13.1 Å². The van der Waals surface area contributed by atoms with E-state index in [-0.39, 0.29) is 0 Å². The lowest BCUT2D eigenvalue weighted by molar-refractivity contribution is 0.301. The minimum absolute atomic E-state index is 0.477. The second-order valence-electron chi connectivity index (χ2n) is 4.83. The van der Waals surface area contributed by atoms with E-state index in [4.69, 9.17) is 0 Å². The second kappa shape index (κ2) is 6.01. The summed E-state index contributed by atoms with van der Waals surface area (Å²) in [7, 11) is 4.20. The molecule has 0 spiro atoms. The maximum Gasteiger partial charge on any atom is 0.0951 e. The molecule has 0 bridgehead atoms. The molecule has 1 aromatic heterocycles. The summed E-state index contributed by atoms with van der Waals surface area (Å²) in [6.45, 7) is 8.45. The molecule has 92 valence electrons. The number of hydrogen-bond donors (Lipinski definition) is 1. The first kappa shape index (κ1) is 13.2. The molecule has 4 nitrogen and oxygen atoms in total. The molecule has 0 saturated heterocycles. The normalized spacial score (nSPS) is 13.7. The molecule has 1 aromatic rings. The van der Waals surface area contributed by atoms with Crippen molar-refractivity contribution in [3.8, 4) is 0 Å². The largest absolute Gasteiger partial charge is 0.331 e. The fourth-order valence-corrected chi connectivity index (χ4v) is 1.53. The highest BCUT2D eigenvalue weighted by Crippen LogP contribution is 2.08. The first-order chi connectivity index (χ1) is 7.52. The number of hydrogen-bond acceptors (Lipinski definition) is 3. The predicted molar refractivity (Wildman–Crippen MR) is 67.5 cm³/mol. The van der Waals surface area contributed by atoms with Gasteiger partial charge in [0.2, 0.25) is 0 Å². The van der Waals surface area contributed by atoms with Crippen molar-refractivity contribution in [2.45, 2.75) is 39.4 Å². The van der Waals surface area contributed by atoms with E-state index < -0.39 is 0 Å². The lowest BCUT2D eigenvalue weighted by atomic mass is 10.3. The van der Waals surface area contributed by atoms with Crippen LogP contribution in [-0.2, 0) is 6.54 Å². The van der Waals surface area contributed by atoms with Crippen molar-refractivity contribution in [1.82, 2.24) is 19.8 Å². The molecular formula is C12H24N4. The first-order valence-electron chi connectivity index (χ1n) is 5.90. The van der Waals surface area contributed by atoms with Gasteiger partial charge >= 0.3 is 0 Å². The summed E-state index contributed by atoms with van der Waals surface area (Å²) in [6.07, 6.45) is 3.84. The molecule has 0 radical (unpaired) electrons. The number of imidazole rings is 1. The van der Waals surface area contributed by atoms with E-state index in [1.165, 1.54) is 5.69 Å². The Labute approximate surface area is 98.7 Å². The maximum atomic E-state index is 4.19. The Bertz CT molecular complexity index is 304. The topological polar surface area (TPSA) is 33.1 Å². The van der Waals surface area contributed by atoms with Crippen molar-refractivity contribution in [2.75, 3.05) is 20.6 Å². The van der Waals surface area contributed by atoms with Crippen molar-refractivity contribution in [1.29, 1.82) is 0 Å². The monoisotopic (exact) mass is 224 g/mol. The Balaban J connectivity index is 2.40. The fraction of sp³-hybridized carbons (Fsp3) is 0.750. The highest BCUT2D eigenvalue weighted by Gasteiger charge is 2.07. The molecule has 0 amide bonds. The fourth-order valence-electron chi connectivity index (χ4n) is 1.53. The van der Waals surface area contributed by atoms with Gasteiger partial charge < -0.3 is 14.8 Å². The highest BCUT2D eigenvalue weighted by atomic mass is 15.1. The number of likely N-dealkylation sites (N-methyl/N-ethyl adjacent to an activating group) is 1. The van der Waals surface area contributed by atoms with E-state index in [1.807, 2.05) is 12.5 Å². The minimum atomic E-state index is 0.477. The molecule has 16 heavy (non-hydrogen) atoms. The molecule has 0 fully saturated rings. The van der Waals surface area contributed by atoms with Crippen LogP contribution < -0.4 is 5.32 Å². The SMILES string of the molecule is CC(CNCc1cncn1C(C)C)N(C)C. The van der Waals surface area contributed by atoms with Gasteiger partial charge in [0.25, 0.3) is 0 Å². The number of nitrogens with one attached hydrogen (secondary N) is 1. The quantitative estimate of drug-likeness (QED) is 0.795. The molecule has 0 aliphatic heterocycles. The maximum absolute atomic E-state index is 4.19. The molecule has 1 atom stereocenters. The Kier molecular flexibility index (Phi) is 4.96. The van der Waals surface area contributed by atoms with Crippen molar-refractivity contribution in [3.63, 3.8) is 0 Å². The van der Waals surface area contributed by atoms with Crippen LogP contribution in [0.1, 0.15) is 32.5 Å². The molecular weight excluding hydrogens is 200 g/mol. The van der Waals surface area contributed by atoms with Crippen LogP contribution in [0, 0.1) is 0 Å². The standard InChI is InChI=1S/C12H24N4/c1-10(2)16-9-14-8-12(16)7-13-6-11(3)15(4)5/h8-11,13H,6-7H2,1-5H3. The Morgan fingerprint density at radius 2 is 2.06 bits per heavy atom. The van der Waals surface area contributed by atoms with Gasteiger partial charge in [0.1, 0.15) is 0 Å². The lowest BCUT2D eigenvalue weighted by Gasteiger charge is -2.20. The zero-order valence-corrected chi connectivity index (χ0v) is 11.1. The Morgan fingerprint density at radius 3 is 2.62 bits per heavy atom. The highest BCUT2D eigenvalue weighted by molar-refractivity contribution is 4.99. The van der Waals surface area contributed by atoms with Crippen LogP contribution in [0.2, 0.25) is 0 Å². The summed E-state index contributed by atoms with van der Waals surface area (Å²) < 4.78 is 2.20. The predicted octanol–water partition coefficient (Wildman–Crippen LogP) is 1.50. The molecule has 1 rings (SSSR count). The first-order valence-corrected chi connectivity index (χ1v) is 5.90. The van der Waals surface area contributed by atoms with Crippen LogP contribution >= 0.6 is 0 Å². The van der Waals surface area contributed by atoms with Gasteiger partial charge in [-0.1, -0.05) is 0 Å². The molecule has 0 aliphatic carbocycles. The van der Waals surface area contributed by atoms with Crippen LogP contribution in [0.3, 0.4) is 0 Å². The van der Waals surface area contributed by atoms with Crippen molar-refractivity contribution < 1.29 is 0 Å². The smallest absolute Gasteiger partial charge is 0.0951 e. The lowest BCUT2D eigenvalue weighted by Crippen LogP contribution is -2.35. The summed E-state index contributed by atoms with van der Waals surface area (Å²) in [6, 6.07) is 1.03. The molecule has 0 aliphatic rings. The van der Waals surface area contributed by atoms with Crippen molar-refractivity contribution >= 4 is 0 Å². The number of nitrogens with zero attached hydrogens (tertiary/aromatic N) is 3. The van der Waals surface area contributed by atoms with Crippen molar-refractivity contribution in [2.24, 2.45) is 0 Å². The van der Waals surface area contributed by atoms with Gasteiger partial charge in [0.15, 0.2) is 0 Å². The van der Waals surface area contributed by atoms with Crippen LogP contribution in [0.25, 0.3) is 0 Å². The molecule has 1 N–H and O–H groups in total. The second-order valence-corrected chi connectivity index (χ2v) is 4.83. The van der Waals surface area contributed by atoms with Gasteiger partial charge in [-0.25, -0.2) is 4.98 Å². The van der Waals surface area contributed by atoms with E-state index in [1.54, 1.807) is 0 Å². The van der Waals surface area contributed by atoms with E-state index in [9.17, 15) is 0 Å². The summed E-state index contributed by atoms with van der Waals surface area (Å²) in [4.78, 5) is 6.40. The zero-order valence-electron chi connectivity index (χ0n) is 11.1. The van der Waals surface area contributed by atoms with Gasteiger partial charge in [-0.15, -0.1) is 0 Å². The molecule has 1 heterocycles. The average Bonchev–Trinajstić information content (AvgIpc) is 2.65. The number of rotatable bonds is 6. The van der Waals surface area contributed by atoms with Gasteiger partial charge in [-0.05, 0) is 34.9 Å². The Morgan fingerprint density at radius 1 is 1.38 bits per heavy atom. The van der Waals surface area contributed by atoms with Crippen molar-refractivity contribution in [3.05, 3.63) is 18.2 Å². The molecule has 0 saturated carbocycles. The van der Waals surface area contributed by atoms with E-state index in [2.05, 4.69) is 54.6 Å². The third kappa shape index (κ3) is 3.61. The average molecular weight is 224 g/mol.